The van der Waals surface area contributed by atoms with E-state index in [4.69, 9.17) is 0 Å². The van der Waals surface area contributed by atoms with Gasteiger partial charge < -0.3 is 0 Å². The molecule has 2 bridgehead atoms. The van der Waals surface area contributed by atoms with E-state index in [0.717, 1.165) is 11.8 Å². The van der Waals surface area contributed by atoms with E-state index in [0.29, 0.717) is 5.92 Å². The zero-order valence-corrected chi connectivity index (χ0v) is 9.71. The van der Waals surface area contributed by atoms with Crippen molar-refractivity contribution in [2.45, 2.75) is 43.1 Å². The number of hydrogen-bond acceptors (Lipinski definition) is 2. The third-order valence-electron chi connectivity index (χ3n) is 4.18. The highest BCUT2D eigenvalue weighted by Crippen LogP contribution is 2.65. The van der Waals surface area contributed by atoms with Crippen LogP contribution in [0.4, 0.5) is 0 Å². The van der Waals surface area contributed by atoms with E-state index in [1.54, 1.807) is 0 Å². The molecule has 1 heterocycles. The summed E-state index contributed by atoms with van der Waals surface area (Å²) in [7, 11) is 0. The first-order valence-corrected chi connectivity index (χ1v) is 5.96. The molecule has 0 radical (unpaired) electrons. The third kappa shape index (κ3) is 0.846. The van der Waals surface area contributed by atoms with E-state index in [2.05, 4.69) is 40.0 Å². The molecule has 72 valence electrons. The second-order valence-corrected chi connectivity index (χ2v) is 6.60. The molecule has 0 amide bonds. The monoisotopic (exact) mass is 242 g/mol. The topological polar surface area (TPSA) is 24.7 Å². The largest absolute Gasteiger partial charge is 0.186 e. The van der Waals surface area contributed by atoms with Crippen LogP contribution in [0.15, 0.2) is 10.2 Å². The average molecular weight is 243 g/mol. The second-order valence-electron chi connectivity index (χ2n) is 5.33. The summed E-state index contributed by atoms with van der Waals surface area (Å²) in [5, 5.41) is 8.95. The number of nitrogens with zero attached hydrogens (tertiary/aromatic N) is 2. The maximum Gasteiger partial charge on any atom is 0.144 e. The number of fused-ring (bicyclic) bond motifs is 5. The van der Waals surface area contributed by atoms with Crippen LogP contribution >= 0.6 is 15.9 Å². The van der Waals surface area contributed by atoms with Crippen LogP contribution in [0.25, 0.3) is 0 Å². The summed E-state index contributed by atoms with van der Waals surface area (Å²) in [5.74, 6) is 2.28. The molecular weight excluding hydrogens is 228 g/mol. The lowest BCUT2D eigenvalue weighted by Gasteiger charge is -2.35. The first-order valence-electron chi connectivity index (χ1n) is 5.17. The molecule has 0 spiro atoms. The van der Waals surface area contributed by atoms with Crippen molar-refractivity contribution in [3.63, 3.8) is 0 Å². The molecule has 4 atom stereocenters. The third-order valence-corrected chi connectivity index (χ3v) is 5.47. The molecule has 2 saturated carbocycles. The van der Waals surface area contributed by atoms with Crippen LogP contribution in [0, 0.1) is 17.8 Å². The van der Waals surface area contributed by atoms with Gasteiger partial charge in [-0.1, -0.05) is 15.9 Å². The highest BCUT2D eigenvalue weighted by molar-refractivity contribution is 9.10. The highest BCUT2D eigenvalue weighted by atomic mass is 79.9. The van der Waals surface area contributed by atoms with E-state index in [9.17, 15) is 0 Å². The standard InChI is InChI=1S/C10H15BrN2/c1-9(2)8-6-3-4-7(5-6)10(8,11)13-12-9/h6-8H,3-5H2,1-2H3. The summed E-state index contributed by atoms with van der Waals surface area (Å²) < 4.78 is 0.0272. The van der Waals surface area contributed by atoms with Crippen molar-refractivity contribution in [3.05, 3.63) is 0 Å². The van der Waals surface area contributed by atoms with Crippen LogP contribution < -0.4 is 0 Å². The Balaban J connectivity index is 2.07. The molecule has 0 saturated heterocycles. The maximum absolute atomic E-state index is 4.51. The van der Waals surface area contributed by atoms with Gasteiger partial charge in [0.05, 0.1) is 5.54 Å². The zero-order valence-electron chi connectivity index (χ0n) is 8.13. The summed E-state index contributed by atoms with van der Waals surface area (Å²) in [5.41, 5.74) is 0.0728. The summed E-state index contributed by atoms with van der Waals surface area (Å²) in [6.07, 6.45) is 4.12. The summed E-state index contributed by atoms with van der Waals surface area (Å²) in [4.78, 5) is 0. The second kappa shape index (κ2) is 2.18. The summed E-state index contributed by atoms with van der Waals surface area (Å²) in [6.45, 7) is 4.45. The van der Waals surface area contributed by atoms with Crippen molar-refractivity contribution >= 4 is 15.9 Å². The molecule has 4 unspecified atom stereocenters. The predicted octanol–water partition coefficient (Wildman–Crippen LogP) is 3.37. The molecule has 3 aliphatic rings. The Labute approximate surface area is 87.3 Å². The van der Waals surface area contributed by atoms with Crippen LogP contribution in [0.2, 0.25) is 0 Å². The molecule has 3 rings (SSSR count). The summed E-state index contributed by atoms with van der Waals surface area (Å²) >= 11 is 3.84. The smallest absolute Gasteiger partial charge is 0.144 e. The molecular formula is C10H15BrN2. The van der Waals surface area contributed by atoms with E-state index >= 15 is 0 Å². The SMILES string of the molecule is CC1(C)N=NC2(Br)C3CCC(C3)C12. The van der Waals surface area contributed by atoms with Crippen molar-refractivity contribution in [1.29, 1.82) is 0 Å². The highest BCUT2D eigenvalue weighted by Gasteiger charge is 2.65. The molecule has 1 aliphatic heterocycles. The minimum absolute atomic E-state index is 0.0272. The van der Waals surface area contributed by atoms with Gasteiger partial charge in [-0.05, 0) is 44.9 Å². The van der Waals surface area contributed by atoms with E-state index in [1.165, 1.54) is 19.3 Å². The Kier molecular flexibility index (Phi) is 1.41. The Hall–Kier alpha value is 0.0800. The van der Waals surface area contributed by atoms with Gasteiger partial charge in [0.25, 0.3) is 0 Å². The molecule has 0 aromatic heterocycles. The van der Waals surface area contributed by atoms with Gasteiger partial charge in [0.2, 0.25) is 0 Å². The van der Waals surface area contributed by atoms with Gasteiger partial charge in [0, 0.05) is 5.92 Å². The molecule has 3 heteroatoms. The number of azo groups is 1. The van der Waals surface area contributed by atoms with Gasteiger partial charge in [0.1, 0.15) is 4.45 Å². The fraction of sp³-hybridized carbons (Fsp3) is 1.00. The van der Waals surface area contributed by atoms with Crippen molar-refractivity contribution in [3.8, 4) is 0 Å². The minimum Gasteiger partial charge on any atom is -0.186 e. The predicted molar refractivity (Wildman–Crippen MR) is 54.9 cm³/mol. The lowest BCUT2D eigenvalue weighted by atomic mass is 9.75. The molecule has 0 aromatic carbocycles. The first-order chi connectivity index (χ1) is 6.04. The molecule has 2 nitrogen and oxygen atoms in total. The lowest BCUT2D eigenvalue weighted by molar-refractivity contribution is 0.219. The number of alkyl halides is 1. The zero-order chi connectivity index (χ0) is 9.27. The fourth-order valence-electron chi connectivity index (χ4n) is 3.76. The van der Waals surface area contributed by atoms with Gasteiger partial charge in [-0.25, -0.2) is 0 Å². The normalized spacial score (nSPS) is 55.8. The Bertz CT molecular complexity index is 287. The van der Waals surface area contributed by atoms with Gasteiger partial charge in [-0.3, -0.25) is 0 Å². The molecule has 2 fully saturated rings. The number of hydrogen-bond donors (Lipinski definition) is 0. The molecule has 0 aromatic rings. The summed E-state index contributed by atoms with van der Waals surface area (Å²) in [6, 6.07) is 0. The van der Waals surface area contributed by atoms with Gasteiger partial charge >= 0.3 is 0 Å². The van der Waals surface area contributed by atoms with E-state index in [1.807, 2.05) is 0 Å². The Morgan fingerprint density at radius 3 is 2.69 bits per heavy atom. The van der Waals surface area contributed by atoms with Crippen LogP contribution in [0.3, 0.4) is 0 Å². The Morgan fingerprint density at radius 1 is 1.23 bits per heavy atom. The van der Waals surface area contributed by atoms with E-state index < -0.39 is 0 Å². The van der Waals surface area contributed by atoms with Gasteiger partial charge in [-0.2, -0.15) is 10.2 Å². The van der Waals surface area contributed by atoms with Gasteiger partial charge in [-0.15, -0.1) is 0 Å². The van der Waals surface area contributed by atoms with Gasteiger partial charge in [0.15, 0.2) is 0 Å². The van der Waals surface area contributed by atoms with Crippen LogP contribution in [0.1, 0.15) is 33.1 Å². The molecule has 0 N–H and O–H groups in total. The van der Waals surface area contributed by atoms with Crippen molar-refractivity contribution < 1.29 is 0 Å². The van der Waals surface area contributed by atoms with E-state index in [-0.39, 0.29) is 9.99 Å². The van der Waals surface area contributed by atoms with Crippen LogP contribution in [-0.4, -0.2) is 9.99 Å². The molecule has 13 heavy (non-hydrogen) atoms. The first kappa shape index (κ1) is 8.39. The van der Waals surface area contributed by atoms with Crippen LogP contribution in [-0.2, 0) is 0 Å². The fourth-order valence-corrected chi connectivity index (χ4v) is 5.18. The number of rotatable bonds is 0. The minimum atomic E-state index is 0.0272. The average Bonchev–Trinajstić information content (AvgIpc) is 2.63. The van der Waals surface area contributed by atoms with Crippen molar-refractivity contribution in [2.75, 3.05) is 0 Å². The number of halogens is 1. The Morgan fingerprint density at radius 2 is 2.00 bits per heavy atom. The van der Waals surface area contributed by atoms with Crippen molar-refractivity contribution in [1.82, 2.24) is 0 Å². The van der Waals surface area contributed by atoms with Crippen molar-refractivity contribution in [2.24, 2.45) is 28.0 Å². The maximum atomic E-state index is 4.51. The molecule has 2 aliphatic carbocycles. The lowest BCUT2D eigenvalue weighted by Crippen LogP contribution is -2.41. The quantitative estimate of drug-likeness (QED) is 0.460. The van der Waals surface area contributed by atoms with Crippen LogP contribution in [0.5, 0.6) is 0 Å².